The Kier molecular flexibility index (Phi) is 5.97. The normalized spacial score (nSPS) is 18.0. The van der Waals surface area contributed by atoms with Crippen LogP contribution in [0.5, 0.6) is 5.75 Å². The molecule has 3 N–H and O–H groups in total. The average Bonchev–Trinajstić information content (AvgIpc) is 3.17. The second kappa shape index (κ2) is 9.08. The fourth-order valence-corrected chi connectivity index (χ4v) is 5.00. The van der Waals surface area contributed by atoms with Crippen LogP contribution in [0, 0.1) is 5.92 Å². The second-order valence-corrected chi connectivity index (χ2v) is 10.7. The highest BCUT2D eigenvalue weighted by atomic mass is 32.2. The van der Waals surface area contributed by atoms with Crippen LogP contribution in [-0.2, 0) is 16.6 Å². The summed E-state index contributed by atoms with van der Waals surface area (Å²) >= 11 is 0. The Labute approximate surface area is 198 Å². The molecule has 1 fully saturated rings. The Morgan fingerprint density at radius 1 is 1.12 bits per heavy atom. The minimum absolute atomic E-state index is 0.231. The van der Waals surface area contributed by atoms with Gasteiger partial charge in [-0.25, -0.2) is 23.1 Å². The number of anilines is 1. The van der Waals surface area contributed by atoms with Crippen molar-refractivity contribution >= 4 is 26.9 Å². The summed E-state index contributed by atoms with van der Waals surface area (Å²) in [4.78, 5) is 8.75. The van der Waals surface area contributed by atoms with E-state index in [4.69, 9.17) is 10.5 Å². The third-order valence-corrected chi connectivity index (χ3v) is 6.96. The van der Waals surface area contributed by atoms with Gasteiger partial charge in [-0.05, 0) is 42.0 Å². The van der Waals surface area contributed by atoms with Gasteiger partial charge < -0.3 is 15.0 Å². The van der Waals surface area contributed by atoms with Gasteiger partial charge in [0.25, 0.3) is 0 Å². The molecule has 4 aromatic rings. The average molecular weight is 478 g/mol. The third-order valence-electron chi connectivity index (χ3n) is 6.27. The molecule has 34 heavy (non-hydrogen) atoms. The molecule has 1 aliphatic rings. The number of nitrogen functional groups attached to an aromatic ring is 1. The van der Waals surface area contributed by atoms with E-state index in [9.17, 15) is 8.42 Å². The van der Waals surface area contributed by atoms with Crippen molar-refractivity contribution in [2.45, 2.75) is 25.5 Å². The van der Waals surface area contributed by atoms with E-state index in [0.29, 0.717) is 24.9 Å². The zero-order valence-corrected chi connectivity index (χ0v) is 19.7. The topological polar surface area (TPSA) is 112 Å². The predicted molar refractivity (Wildman–Crippen MR) is 133 cm³/mol. The van der Waals surface area contributed by atoms with E-state index in [-0.39, 0.29) is 6.04 Å². The zero-order chi connectivity index (χ0) is 23.7. The molecule has 0 radical (unpaired) electrons. The summed E-state index contributed by atoms with van der Waals surface area (Å²) in [5.74, 6) is 1.51. The van der Waals surface area contributed by atoms with E-state index in [1.807, 2.05) is 54.6 Å². The standard InChI is InChI=1S/C25H27N5O3S/c1-34(31,32)29-13-18-10-20(11-18)30-14-22(23-24(26)27-16-28-25(23)30)19-8-5-9-21(12-19)33-15-17-6-3-2-4-7-17/h2-9,12,14,16,18,20,29H,10-11,13,15H2,1H3,(H2,26,27,28)/t18-,20-. The summed E-state index contributed by atoms with van der Waals surface area (Å²) in [6.07, 6.45) is 6.49. The van der Waals surface area contributed by atoms with E-state index in [0.717, 1.165) is 46.3 Å². The first-order valence-corrected chi connectivity index (χ1v) is 13.1. The van der Waals surface area contributed by atoms with Crippen molar-refractivity contribution in [3.8, 4) is 16.9 Å². The minimum atomic E-state index is -3.18. The number of nitrogens with two attached hydrogens (primary N) is 1. The van der Waals surface area contributed by atoms with Gasteiger partial charge in [0.05, 0.1) is 11.6 Å². The molecule has 1 saturated carbocycles. The maximum absolute atomic E-state index is 11.4. The molecule has 1 aliphatic carbocycles. The molecule has 8 nitrogen and oxygen atoms in total. The van der Waals surface area contributed by atoms with Gasteiger partial charge >= 0.3 is 0 Å². The smallest absolute Gasteiger partial charge is 0.208 e. The Bertz CT molecular complexity index is 1410. The van der Waals surface area contributed by atoms with Crippen molar-refractivity contribution in [3.05, 3.63) is 72.7 Å². The van der Waals surface area contributed by atoms with Crippen LogP contribution in [0.15, 0.2) is 67.1 Å². The summed E-state index contributed by atoms with van der Waals surface area (Å²) in [5, 5.41) is 0.820. The van der Waals surface area contributed by atoms with Crippen molar-refractivity contribution in [3.63, 3.8) is 0 Å². The Morgan fingerprint density at radius 3 is 2.68 bits per heavy atom. The number of benzene rings is 2. The van der Waals surface area contributed by atoms with Gasteiger partial charge in [-0.3, -0.25) is 0 Å². The minimum Gasteiger partial charge on any atom is -0.489 e. The highest BCUT2D eigenvalue weighted by molar-refractivity contribution is 7.88. The number of aromatic nitrogens is 3. The maximum Gasteiger partial charge on any atom is 0.208 e. The number of fused-ring (bicyclic) bond motifs is 1. The summed E-state index contributed by atoms with van der Waals surface area (Å²) in [6.45, 7) is 0.946. The highest BCUT2D eigenvalue weighted by Gasteiger charge is 2.32. The Hall–Kier alpha value is -3.43. The lowest BCUT2D eigenvalue weighted by molar-refractivity contribution is 0.204. The molecule has 0 unspecified atom stereocenters. The molecule has 0 aliphatic heterocycles. The van der Waals surface area contributed by atoms with Crippen molar-refractivity contribution in [2.75, 3.05) is 18.5 Å². The molecule has 2 aromatic carbocycles. The molecule has 0 amide bonds. The lowest BCUT2D eigenvalue weighted by Crippen LogP contribution is -2.36. The van der Waals surface area contributed by atoms with Gasteiger partial charge in [-0.15, -0.1) is 0 Å². The van der Waals surface area contributed by atoms with Crippen molar-refractivity contribution in [1.82, 2.24) is 19.3 Å². The molecule has 176 valence electrons. The maximum atomic E-state index is 11.4. The Morgan fingerprint density at radius 2 is 1.91 bits per heavy atom. The largest absolute Gasteiger partial charge is 0.489 e. The van der Waals surface area contributed by atoms with Gasteiger partial charge in [0.2, 0.25) is 10.0 Å². The monoisotopic (exact) mass is 477 g/mol. The zero-order valence-electron chi connectivity index (χ0n) is 18.9. The highest BCUT2D eigenvalue weighted by Crippen LogP contribution is 2.43. The van der Waals surface area contributed by atoms with Crippen LogP contribution in [0.1, 0.15) is 24.4 Å². The summed E-state index contributed by atoms with van der Waals surface area (Å²) in [7, 11) is -3.18. The molecule has 5 rings (SSSR count). The number of hydrogen-bond donors (Lipinski definition) is 2. The SMILES string of the molecule is CS(=O)(=O)NC[C@H]1C[C@H](n2cc(-c3cccc(OCc4ccccc4)c3)c3c(N)ncnc32)C1. The molecule has 0 saturated heterocycles. The van der Waals surface area contributed by atoms with Crippen LogP contribution >= 0.6 is 0 Å². The van der Waals surface area contributed by atoms with Crippen LogP contribution in [0.3, 0.4) is 0 Å². The molecule has 2 heterocycles. The van der Waals surface area contributed by atoms with E-state index in [2.05, 4.69) is 25.5 Å². The number of rotatable bonds is 8. The van der Waals surface area contributed by atoms with E-state index >= 15 is 0 Å². The predicted octanol–water partition coefficient (Wildman–Crippen LogP) is 3.76. The summed E-state index contributed by atoms with van der Waals surface area (Å²) in [6, 6.07) is 18.2. The second-order valence-electron chi connectivity index (χ2n) is 8.82. The summed E-state index contributed by atoms with van der Waals surface area (Å²) < 4.78 is 33.6. The van der Waals surface area contributed by atoms with Crippen LogP contribution in [0.2, 0.25) is 0 Å². The van der Waals surface area contributed by atoms with Crippen LogP contribution in [-0.4, -0.2) is 35.8 Å². The van der Waals surface area contributed by atoms with Gasteiger partial charge in [0, 0.05) is 24.3 Å². The molecule has 2 aromatic heterocycles. The molecular formula is C25H27N5O3S. The quantitative estimate of drug-likeness (QED) is 0.400. The van der Waals surface area contributed by atoms with Crippen molar-refractivity contribution in [2.24, 2.45) is 5.92 Å². The molecule has 0 bridgehead atoms. The van der Waals surface area contributed by atoms with Crippen LogP contribution < -0.4 is 15.2 Å². The fraction of sp³-hybridized carbons (Fsp3) is 0.280. The number of nitrogens with one attached hydrogen (secondary N) is 1. The van der Waals surface area contributed by atoms with E-state index < -0.39 is 10.0 Å². The van der Waals surface area contributed by atoms with Gasteiger partial charge in [-0.1, -0.05) is 42.5 Å². The molecule has 9 heteroatoms. The first-order chi connectivity index (χ1) is 16.4. The number of hydrogen-bond acceptors (Lipinski definition) is 6. The lowest BCUT2D eigenvalue weighted by atomic mass is 9.80. The first-order valence-electron chi connectivity index (χ1n) is 11.2. The summed E-state index contributed by atoms with van der Waals surface area (Å²) in [5.41, 5.74) is 10.1. The van der Waals surface area contributed by atoms with Crippen molar-refractivity contribution in [1.29, 1.82) is 0 Å². The number of nitrogens with zero attached hydrogens (tertiary/aromatic N) is 3. The van der Waals surface area contributed by atoms with E-state index in [1.165, 1.54) is 12.6 Å². The molecule has 0 spiro atoms. The van der Waals surface area contributed by atoms with Gasteiger partial charge in [-0.2, -0.15) is 0 Å². The van der Waals surface area contributed by atoms with E-state index in [1.54, 1.807) is 0 Å². The third kappa shape index (κ3) is 4.76. The van der Waals surface area contributed by atoms with Crippen molar-refractivity contribution < 1.29 is 13.2 Å². The van der Waals surface area contributed by atoms with Gasteiger partial charge in [0.15, 0.2) is 0 Å². The lowest BCUT2D eigenvalue weighted by Gasteiger charge is -2.36. The molecule has 0 atom stereocenters. The first kappa shape index (κ1) is 22.4. The van der Waals surface area contributed by atoms with Crippen LogP contribution in [0.4, 0.5) is 5.82 Å². The fourth-order valence-electron chi connectivity index (χ4n) is 4.46. The number of sulfonamides is 1. The Balaban J connectivity index is 1.40. The van der Waals surface area contributed by atoms with Crippen LogP contribution in [0.25, 0.3) is 22.2 Å². The number of ether oxygens (including phenoxy) is 1. The molecular weight excluding hydrogens is 450 g/mol. The van der Waals surface area contributed by atoms with Gasteiger partial charge in [0.1, 0.15) is 30.1 Å².